The molecule has 0 N–H and O–H groups in total. The van der Waals surface area contributed by atoms with E-state index in [0.717, 1.165) is 11.1 Å². The Balaban J connectivity index is 2.13. The number of hydrogen-bond acceptors (Lipinski definition) is 4. The molecule has 21 heavy (non-hydrogen) atoms. The molecule has 5 heteroatoms. The van der Waals surface area contributed by atoms with E-state index >= 15 is 0 Å². The predicted molar refractivity (Wildman–Crippen MR) is 78.8 cm³/mol. The first kappa shape index (κ1) is 14.7. The summed E-state index contributed by atoms with van der Waals surface area (Å²) in [4.78, 5) is 22.4. The van der Waals surface area contributed by atoms with Crippen molar-refractivity contribution in [3.63, 3.8) is 0 Å². The zero-order chi connectivity index (χ0) is 15.4. The highest BCUT2D eigenvalue weighted by Crippen LogP contribution is 2.24. The quantitative estimate of drug-likeness (QED) is 0.479. The molecule has 2 rings (SSSR count). The predicted octanol–water partition coefficient (Wildman–Crippen LogP) is 3.47. The SMILES string of the molecule is Cc1ccc([N+](=O)[O-])cc1OCC(=O)c1ccccc1C. The molecular formula is C16H15NO4. The fourth-order valence-electron chi connectivity index (χ4n) is 1.96. The van der Waals surface area contributed by atoms with Gasteiger partial charge in [0.1, 0.15) is 5.75 Å². The van der Waals surface area contributed by atoms with Crippen LogP contribution in [0.2, 0.25) is 0 Å². The standard InChI is InChI=1S/C16H15NO4/c1-11-5-3-4-6-14(11)15(18)10-21-16-9-13(17(19)20)8-7-12(16)2/h3-9H,10H2,1-2H3. The average Bonchev–Trinajstić information content (AvgIpc) is 2.46. The van der Waals surface area contributed by atoms with Crippen molar-refractivity contribution < 1.29 is 14.5 Å². The number of nitro benzene ring substituents is 1. The summed E-state index contributed by atoms with van der Waals surface area (Å²) in [5.41, 5.74) is 2.17. The van der Waals surface area contributed by atoms with Crippen molar-refractivity contribution in [2.45, 2.75) is 13.8 Å². The molecule has 108 valence electrons. The highest BCUT2D eigenvalue weighted by Gasteiger charge is 2.13. The maximum Gasteiger partial charge on any atom is 0.273 e. The number of hydrogen-bond donors (Lipinski definition) is 0. The van der Waals surface area contributed by atoms with Crippen molar-refractivity contribution in [2.24, 2.45) is 0 Å². The van der Waals surface area contributed by atoms with E-state index < -0.39 is 4.92 Å². The van der Waals surface area contributed by atoms with Crippen LogP contribution in [-0.2, 0) is 0 Å². The fraction of sp³-hybridized carbons (Fsp3) is 0.188. The van der Waals surface area contributed by atoms with E-state index in [1.54, 1.807) is 25.1 Å². The van der Waals surface area contributed by atoms with E-state index in [0.29, 0.717) is 11.3 Å². The molecule has 0 unspecified atom stereocenters. The first-order valence-corrected chi connectivity index (χ1v) is 6.45. The average molecular weight is 285 g/mol. The summed E-state index contributed by atoms with van der Waals surface area (Å²) in [6.45, 7) is 3.48. The highest BCUT2D eigenvalue weighted by atomic mass is 16.6. The van der Waals surface area contributed by atoms with Gasteiger partial charge in [0.2, 0.25) is 0 Å². The molecule has 0 aromatic heterocycles. The van der Waals surface area contributed by atoms with Crippen LogP contribution in [0.5, 0.6) is 5.75 Å². The number of carbonyl (C=O) groups is 1. The lowest BCUT2D eigenvalue weighted by Crippen LogP contribution is -2.13. The van der Waals surface area contributed by atoms with Crippen LogP contribution in [-0.4, -0.2) is 17.3 Å². The molecule has 5 nitrogen and oxygen atoms in total. The van der Waals surface area contributed by atoms with Crippen LogP contribution in [0.4, 0.5) is 5.69 Å². The zero-order valence-electron chi connectivity index (χ0n) is 11.8. The molecule has 0 amide bonds. The van der Waals surface area contributed by atoms with Gasteiger partial charge in [0, 0.05) is 11.6 Å². The third-order valence-corrected chi connectivity index (χ3v) is 3.19. The van der Waals surface area contributed by atoms with Crippen molar-refractivity contribution in [1.29, 1.82) is 0 Å². The normalized spacial score (nSPS) is 10.2. The highest BCUT2D eigenvalue weighted by molar-refractivity contribution is 5.98. The van der Waals surface area contributed by atoms with E-state index in [1.807, 2.05) is 19.1 Å². The number of Topliss-reactive ketones (excluding diaryl/α,β-unsaturated/α-hetero) is 1. The summed E-state index contributed by atoms with van der Waals surface area (Å²) in [6, 6.07) is 11.6. The van der Waals surface area contributed by atoms with Crippen LogP contribution >= 0.6 is 0 Å². The number of ketones is 1. The molecule has 0 spiro atoms. The Morgan fingerprint density at radius 1 is 1.14 bits per heavy atom. The van der Waals surface area contributed by atoms with Gasteiger partial charge < -0.3 is 4.74 Å². The summed E-state index contributed by atoms with van der Waals surface area (Å²) in [6.07, 6.45) is 0. The summed E-state index contributed by atoms with van der Waals surface area (Å²) < 4.78 is 5.44. The largest absolute Gasteiger partial charge is 0.485 e. The molecule has 0 saturated carbocycles. The van der Waals surface area contributed by atoms with Crippen molar-refractivity contribution in [3.8, 4) is 5.75 Å². The molecule has 0 saturated heterocycles. The molecule has 2 aromatic rings. The van der Waals surface area contributed by atoms with Crippen molar-refractivity contribution in [3.05, 3.63) is 69.3 Å². The van der Waals surface area contributed by atoms with E-state index in [1.165, 1.54) is 12.1 Å². The van der Waals surface area contributed by atoms with Crippen LogP contribution in [0.3, 0.4) is 0 Å². The smallest absolute Gasteiger partial charge is 0.273 e. The summed E-state index contributed by atoms with van der Waals surface area (Å²) in [5.74, 6) is 0.199. The number of benzene rings is 2. The molecule has 0 aliphatic heterocycles. The van der Waals surface area contributed by atoms with Gasteiger partial charge in [-0.3, -0.25) is 14.9 Å². The number of nitro groups is 1. The Bertz CT molecular complexity index is 694. The summed E-state index contributed by atoms with van der Waals surface area (Å²) >= 11 is 0. The lowest BCUT2D eigenvalue weighted by atomic mass is 10.1. The molecular weight excluding hydrogens is 270 g/mol. The second-order valence-electron chi connectivity index (χ2n) is 4.73. The van der Waals surface area contributed by atoms with Crippen molar-refractivity contribution in [1.82, 2.24) is 0 Å². The molecule has 0 aliphatic rings. The third-order valence-electron chi connectivity index (χ3n) is 3.19. The van der Waals surface area contributed by atoms with Gasteiger partial charge in [-0.1, -0.05) is 24.3 Å². The van der Waals surface area contributed by atoms with Gasteiger partial charge in [-0.2, -0.15) is 0 Å². The zero-order valence-corrected chi connectivity index (χ0v) is 11.8. The minimum atomic E-state index is -0.491. The molecule has 0 aliphatic carbocycles. The number of rotatable bonds is 5. The fourth-order valence-corrected chi connectivity index (χ4v) is 1.96. The van der Waals surface area contributed by atoms with Gasteiger partial charge >= 0.3 is 0 Å². The maximum atomic E-state index is 12.1. The summed E-state index contributed by atoms with van der Waals surface area (Å²) in [7, 11) is 0. The topological polar surface area (TPSA) is 69.4 Å². The molecule has 0 atom stereocenters. The maximum absolute atomic E-state index is 12.1. The Hall–Kier alpha value is -2.69. The Morgan fingerprint density at radius 2 is 1.86 bits per heavy atom. The van der Waals surface area contributed by atoms with Crippen LogP contribution < -0.4 is 4.74 Å². The number of aryl methyl sites for hydroxylation is 2. The lowest BCUT2D eigenvalue weighted by molar-refractivity contribution is -0.384. The van der Waals surface area contributed by atoms with Gasteiger partial charge in [-0.15, -0.1) is 0 Å². The lowest BCUT2D eigenvalue weighted by Gasteiger charge is -2.09. The Labute approximate surface area is 122 Å². The number of carbonyl (C=O) groups excluding carboxylic acids is 1. The Morgan fingerprint density at radius 3 is 2.52 bits per heavy atom. The minimum absolute atomic E-state index is 0.0565. The van der Waals surface area contributed by atoms with Crippen LogP contribution in [0.15, 0.2) is 42.5 Å². The van der Waals surface area contributed by atoms with Gasteiger partial charge in [0.05, 0.1) is 11.0 Å². The van der Waals surface area contributed by atoms with E-state index in [9.17, 15) is 14.9 Å². The van der Waals surface area contributed by atoms with Gasteiger partial charge in [-0.05, 0) is 31.0 Å². The molecule has 0 radical (unpaired) electrons. The van der Waals surface area contributed by atoms with Gasteiger partial charge in [-0.25, -0.2) is 0 Å². The first-order chi connectivity index (χ1) is 9.99. The van der Waals surface area contributed by atoms with Crippen LogP contribution in [0.25, 0.3) is 0 Å². The second-order valence-corrected chi connectivity index (χ2v) is 4.73. The summed E-state index contributed by atoms with van der Waals surface area (Å²) in [5, 5.41) is 10.8. The number of non-ortho nitro benzene ring substituents is 1. The molecule has 0 heterocycles. The number of ether oxygens (including phenoxy) is 1. The van der Waals surface area contributed by atoms with E-state index in [2.05, 4.69) is 0 Å². The van der Waals surface area contributed by atoms with E-state index in [4.69, 9.17) is 4.74 Å². The third kappa shape index (κ3) is 3.45. The molecule has 0 bridgehead atoms. The monoisotopic (exact) mass is 285 g/mol. The van der Waals surface area contributed by atoms with Crippen molar-refractivity contribution in [2.75, 3.05) is 6.61 Å². The second kappa shape index (κ2) is 6.17. The van der Waals surface area contributed by atoms with Crippen LogP contribution in [0.1, 0.15) is 21.5 Å². The molecule has 2 aromatic carbocycles. The van der Waals surface area contributed by atoms with Gasteiger partial charge in [0.25, 0.3) is 5.69 Å². The van der Waals surface area contributed by atoms with E-state index in [-0.39, 0.29) is 18.1 Å². The first-order valence-electron chi connectivity index (χ1n) is 6.45. The minimum Gasteiger partial charge on any atom is -0.485 e. The van der Waals surface area contributed by atoms with Crippen molar-refractivity contribution >= 4 is 11.5 Å². The van der Waals surface area contributed by atoms with Gasteiger partial charge in [0.15, 0.2) is 12.4 Å². The van der Waals surface area contributed by atoms with Crippen LogP contribution in [0, 0.1) is 24.0 Å². The molecule has 0 fully saturated rings. The Kier molecular flexibility index (Phi) is 4.33. The number of nitrogens with zero attached hydrogens (tertiary/aromatic N) is 1.